The van der Waals surface area contributed by atoms with E-state index in [1.807, 2.05) is 13.8 Å². The first-order valence-corrected chi connectivity index (χ1v) is 4.28. The van der Waals surface area contributed by atoms with Crippen LogP contribution in [0.2, 0.25) is 0 Å². The van der Waals surface area contributed by atoms with Gasteiger partial charge < -0.3 is 0 Å². The molecule has 0 aromatic carbocycles. The van der Waals surface area contributed by atoms with Gasteiger partial charge in [0.2, 0.25) is 0 Å². The van der Waals surface area contributed by atoms with E-state index in [1.165, 1.54) is 6.20 Å². The molecule has 0 fully saturated rings. The molecule has 0 spiro atoms. The Balaban J connectivity index is 2.57. The van der Waals surface area contributed by atoms with Crippen LogP contribution in [0.3, 0.4) is 0 Å². The van der Waals surface area contributed by atoms with Crippen LogP contribution < -0.4 is 0 Å². The summed E-state index contributed by atoms with van der Waals surface area (Å²) in [5.41, 5.74) is 0. The van der Waals surface area contributed by atoms with Crippen LogP contribution >= 0.6 is 11.5 Å². The van der Waals surface area contributed by atoms with Crippen molar-refractivity contribution in [3.05, 3.63) is 11.1 Å². The van der Waals surface area contributed by atoms with Gasteiger partial charge >= 0.3 is 0 Å². The molecule has 3 nitrogen and oxygen atoms in total. The molecule has 0 saturated carbocycles. The van der Waals surface area contributed by atoms with Crippen molar-refractivity contribution in [2.24, 2.45) is 5.92 Å². The molecule has 1 aromatic heterocycles. The number of Topliss-reactive ketones (excluding diaryl/α,β-unsaturated/α-hetero) is 1. The summed E-state index contributed by atoms with van der Waals surface area (Å²) < 4.78 is 3.62. The van der Waals surface area contributed by atoms with Gasteiger partial charge in [-0.25, -0.2) is 0 Å². The lowest BCUT2D eigenvalue weighted by Gasteiger charge is -1.98. The zero-order valence-electron chi connectivity index (χ0n) is 6.57. The molecule has 60 valence electrons. The van der Waals surface area contributed by atoms with Crippen molar-refractivity contribution in [1.82, 2.24) is 9.59 Å². The topological polar surface area (TPSA) is 42.9 Å². The highest BCUT2D eigenvalue weighted by molar-refractivity contribution is 7.07. The van der Waals surface area contributed by atoms with Crippen LogP contribution in [0.4, 0.5) is 0 Å². The Labute approximate surface area is 69.6 Å². The summed E-state index contributed by atoms with van der Waals surface area (Å²) in [6.45, 7) is 4.04. The fraction of sp³-hybridized carbons (Fsp3) is 0.571. The maximum Gasteiger partial charge on any atom is 0.176 e. The van der Waals surface area contributed by atoms with Crippen LogP contribution in [-0.4, -0.2) is 15.4 Å². The summed E-state index contributed by atoms with van der Waals surface area (Å²) in [6.07, 6.45) is 2.11. The summed E-state index contributed by atoms with van der Waals surface area (Å²) in [5, 5.41) is 3.60. The van der Waals surface area contributed by atoms with Crippen molar-refractivity contribution in [3.63, 3.8) is 0 Å². The van der Waals surface area contributed by atoms with Crippen molar-refractivity contribution in [1.29, 1.82) is 0 Å². The Kier molecular flexibility index (Phi) is 2.70. The molecule has 0 N–H and O–H groups in total. The molecule has 0 atom stereocenters. The number of rotatable bonds is 3. The van der Waals surface area contributed by atoms with Crippen LogP contribution in [-0.2, 0) is 0 Å². The largest absolute Gasteiger partial charge is 0.293 e. The minimum absolute atomic E-state index is 0.148. The molecular formula is C7H10N2OS. The van der Waals surface area contributed by atoms with Gasteiger partial charge in [0.1, 0.15) is 4.88 Å². The van der Waals surface area contributed by atoms with Gasteiger partial charge in [-0.05, 0) is 17.5 Å². The van der Waals surface area contributed by atoms with Gasteiger partial charge in [0, 0.05) is 6.42 Å². The van der Waals surface area contributed by atoms with Crippen molar-refractivity contribution in [3.8, 4) is 0 Å². The Morgan fingerprint density at radius 3 is 2.91 bits per heavy atom. The van der Waals surface area contributed by atoms with E-state index in [2.05, 4.69) is 9.59 Å². The predicted molar refractivity (Wildman–Crippen MR) is 43.7 cm³/mol. The first-order chi connectivity index (χ1) is 5.20. The molecule has 0 amide bonds. The highest BCUT2D eigenvalue weighted by Crippen LogP contribution is 2.10. The third-order valence-corrected chi connectivity index (χ3v) is 1.94. The Hall–Kier alpha value is -0.770. The molecule has 0 unspecified atom stereocenters. The summed E-state index contributed by atoms with van der Waals surface area (Å²) in [5.74, 6) is 0.555. The van der Waals surface area contributed by atoms with E-state index in [4.69, 9.17) is 0 Å². The maximum atomic E-state index is 11.2. The summed E-state index contributed by atoms with van der Waals surface area (Å²) >= 11 is 1.16. The second-order valence-electron chi connectivity index (χ2n) is 2.80. The number of carbonyl (C=O) groups excluding carboxylic acids is 1. The SMILES string of the molecule is CC(C)CC(=O)c1cnns1. The maximum absolute atomic E-state index is 11.2. The lowest BCUT2D eigenvalue weighted by atomic mass is 10.1. The fourth-order valence-electron chi connectivity index (χ4n) is 0.761. The highest BCUT2D eigenvalue weighted by Gasteiger charge is 2.09. The van der Waals surface area contributed by atoms with Crippen LogP contribution in [0.5, 0.6) is 0 Å². The third kappa shape index (κ3) is 2.38. The smallest absolute Gasteiger partial charge is 0.176 e. The molecule has 4 heteroatoms. The number of hydrogen-bond acceptors (Lipinski definition) is 4. The minimum atomic E-state index is 0.148. The van der Waals surface area contributed by atoms with E-state index < -0.39 is 0 Å². The van der Waals surface area contributed by atoms with E-state index in [0.717, 1.165) is 11.5 Å². The van der Waals surface area contributed by atoms with E-state index in [1.54, 1.807) is 0 Å². The third-order valence-electron chi connectivity index (χ3n) is 1.23. The zero-order valence-corrected chi connectivity index (χ0v) is 7.39. The van der Waals surface area contributed by atoms with Crippen LogP contribution in [0, 0.1) is 5.92 Å². The van der Waals surface area contributed by atoms with E-state index in [-0.39, 0.29) is 5.78 Å². The molecule has 1 heterocycles. The molecular weight excluding hydrogens is 160 g/mol. The summed E-state index contributed by atoms with van der Waals surface area (Å²) in [7, 11) is 0. The van der Waals surface area contributed by atoms with Crippen molar-refractivity contribution < 1.29 is 4.79 Å². The van der Waals surface area contributed by atoms with E-state index in [0.29, 0.717) is 17.2 Å². The van der Waals surface area contributed by atoms with Gasteiger partial charge in [-0.15, -0.1) is 5.10 Å². The van der Waals surface area contributed by atoms with Crippen LogP contribution in [0.1, 0.15) is 29.9 Å². The van der Waals surface area contributed by atoms with Gasteiger partial charge in [0.15, 0.2) is 5.78 Å². The number of hydrogen-bond donors (Lipinski definition) is 0. The van der Waals surface area contributed by atoms with Crippen LogP contribution in [0.25, 0.3) is 0 Å². The highest BCUT2D eigenvalue weighted by atomic mass is 32.1. The quantitative estimate of drug-likeness (QED) is 0.649. The summed E-state index contributed by atoms with van der Waals surface area (Å²) in [6, 6.07) is 0. The van der Waals surface area contributed by atoms with Gasteiger partial charge in [-0.2, -0.15) is 0 Å². The van der Waals surface area contributed by atoms with E-state index >= 15 is 0 Å². The van der Waals surface area contributed by atoms with Crippen molar-refractivity contribution in [2.45, 2.75) is 20.3 Å². The Morgan fingerprint density at radius 1 is 1.73 bits per heavy atom. The second kappa shape index (κ2) is 3.57. The molecule has 0 saturated heterocycles. The number of aromatic nitrogens is 2. The number of nitrogens with zero attached hydrogens (tertiary/aromatic N) is 2. The fourth-order valence-corrected chi connectivity index (χ4v) is 1.22. The first-order valence-electron chi connectivity index (χ1n) is 3.50. The molecule has 0 bridgehead atoms. The molecule has 0 aliphatic rings. The molecule has 11 heavy (non-hydrogen) atoms. The Bertz CT molecular complexity index is 231. The van der Waals surface area contributed by atoms with E-state index in [9.17, 15) is 4.79 Å². The molecule has 0 radical (unpaired) electrons. The molecule has 1 rings (SSSR count). The number of ketones is 1. The molecule has 1 aromatic rings. The molecule has 0 aliphatic heterocycles. The van der Waals surface area contributed by atoms with Crippen molar-refractivity contribution in [2.75, 3.05) is 0 Å². The average Bonchev–Trinajstić information content (AvgIpc) is 2.35. The second-order valence-corrected chi connectivity index (χ2v) is 3.59. The molecule has 0 aliphatic carbocycles. The lowest BCUT2D eigenvalue weighted by Crippen LogP contribution is -2.00. The standard InChI is InChI=1S/C7H10N2OS/c1-5(2)3-6(10)7-4-8-9-11-7/h4-5H,3H2,1-2H3. The van der Waals surface area contributed by atoms with Crippen molar-refractivity contribution >= 4 is 17.3 Å². The van der Waals surface area contributed by atoms with Gasteiger partial charge in [-0.3, -0.25) is 4.79 Å². The van der Waals surface area contributed by atoms with Gasteiger partial charge in [-0.1, -0.05) is 18.3 Å². The van der Waals surface area contributed by atoms with Gasteiger partial charge in [0.05, 0.1) is 6.20 Å². The Morgan fingerprint density at radius 2 is 2.45 bits per heavy atom. The lowest BCUT2D eigenvalue weighted by molar-refractivity contribution is 0.0971. The monoisotopic (exact) mass is 170 g/mol. The first kappa shape index (κ1) is 8.33. The van der Waals surface area contributed by atoms with Crippen LogP contribution in [0.15, 0.2) is 6.20 Å². The average molecular weight is 170 g/mol. The predicted octanol–water partition coefficient (Wildman–Crippen LogP) is 1.77. The number of carbonyl (C=O) groups is 1. The zero-order chi connectivity index (χ0) is 8.27. The summed E-state index contributed by atoms with van der Waals surface area (Å²) in [4.78, 5) is 11.9. The minimum Gasteiger partial charge on any atom is -0.293 e. The van der Waals surface area contributed by atoms with Gasteiger partial charge in [0.25, 0.3) is 0 Å². The normalized spacial score (nSPS) is 10.5.